The first-order valence-corrected chi connectivity index (χ1v) is 8.38. The van der Waals surface area contributed by atoms with Crippen LogP contribution in [0.1, 0.15) is 44.1 Å². The minimum Gasteiger partial charge on any atom is -0.369 e. The van der Waals surface area contributed by atoms with Crippen LogP contribution in [0.3, 0.4) is 0 Å². The van der Waals surface area contributed by atoms with Gasteiger partial charge in [0.2, 0.25) is 11.8 Å². The van der Waals surface area contributed by atoms with Gasteiger partial charge in [-0.05, 0) is 37.0 Å². The molecule has 2 amide bonds. The molecule has 0 bridgehead atoms. The fourth-order valence-electron chi connectivity index (χ4n) is 4.03. The second-order valence-corrected chi connectivity index (χ2v) is 6.79. The highest BCUT2D eigenvalue weighted by atomic mass is 19.1. The van der Waals surface area contributed by atoms with E-state index in [1.807, 2.05) is 0 Å². The van der Waals surface area contributed by atoms with Crippen LogP contribution in [0.4, 0.5) is 4.39 Å². The molecule has 1 aliphatic carbocycles. The Morgan fingerprint density at radius 2 is 1.78 bits per heavy atom. The number of rotatable bonds is 3. The summed E-state index contributed by atoms with van der Waals surface area (Å²) >= 11 is 0. The van der Waals surface area contributed by atoms with E-state index in [-0.39, 0.29) is 23.5 Å². The number of primary amides is 1. The Kier molecular flexibility index (Phi) is 4.37. The van der Waals surface area contributed by atoms with E-state index in [9.17, 15) is 14.0 Å². The normalized spacial score (nSPS) is 23.7. The molecule has 2 N–H and O–H groups in total. The predicted octanol–water partition coefficient (Wildman–Crippen LogP) is 2.36. The Morgan fingerprint density at radius 3 is 2.35 bits per heavy atom. The third kappa shape index (κ3) is 2.96. The Labute approximate surface area is 135 Å². The number of carbonyl (C=O) groups is 2. The summed E-state index contributed by atoms with van der Waals surface area (Å²) < 4.78 is 13.3. The van der Waals surface area contributed by atoms with Crippen LogP contribution >= 0.6 is 0 Å². The SMILES string of the molecule is NC(=O)[C@@H]1CCN(C(=O)C2(c3ccc(F)cc3)CCCCC2)C1. The van der Waals surface area contributed by atoms with E-state index in [1.165, 1.54) is 12.1 Å². The number of amides is 2. The van der Waals surface area contributed by atoms with E-state index in [0.717, 1.165) is 37.7 Å². The highest BCUT2D eigenvalue weighted by Crippen LogP contribution is 2.42. The van der Waals surface area contributed by atoms with Gasteiger partial charge in [0, 0.05) is 13.1 Å². The minimum atomic E-state index is -0.571. The van der Waals surface area contributed by atoms with Crippen LogP contribution in [0, 0.1) is 11.7 Å². The lowest BCUT2D eigenvalue weighted by atomic mass is 9.68. The summed E-state index contributed by atoms with van der Waals surface area (Å²) in [6.45, 7) is 0.993. The zero-order valence-electron chi connectivity index (χ0n) is 13.3. The van der Waals surface area contributed by atoms with Crippen molar-refractivity contribution < 1.29 is 14.0 Å². The van der Waals surface area contributed by atoms with Gasteiger partial charge >= 0.3 is 0 Å². The van der Waals surface area contributed by atoms with Gasteiger partial charge in [0.15, 0.2) is 0 Å². The van der Waals surface area contributed by atoms with Crippen LogP contribution < -0.4 is 5.73 Å². The van der Waals surface area contributed by atoms with E-state index in [1.54, 1.807) is 17.0 Å². The molecule has 1 atom stereocenters. The van der Waals surface area contributed by atoms with Crippen molar-refractivity contribution in [1.29, 1.82) is 0 Å². The fourth-order valence-corrected chi connectivity index (χ4v) is 4.03. The number of halogens is 1. The van der Waals surface area contributed by atoms with Gasteiger partial charge in [0.25, 0.3) is 0 Å². The number of carbonyl (C=O) groups excluding carboxylic acids is 2. The van der Waals surface area contributed by atoms with Crippen LogP contribution in [0.15, 0.2) is 24.3 Å². The quantitative estimate of drug-likeness (QED) is 0.930. The van der Waals surface area contributed by atoms with Crippen molar-refractivity contribution in [3.8, 4) is 0 Å². The lowest BCUT2D eigenvalue weighted by Crippen LogP contribution is -2.47. The van der Waals surface area contributed by atoms with Crippen molar-refractivity contribution in [3.63, 3.8) is 0 Å². The first-order chi connectivity index (χ1) is 11.0. The number of hydrogen-bond donors (Lipinski definition) is 1. The third-order valence-electron chi connectivity index (χ3n) is 5.39. The molecule has 23 heavy (non-hydrogen) atoms. The molecular formula is C18H23FN2O2. The molecule has 5 heteroatoms. The van der Waals surface area contributed by atoms with Gasteiger partial charge < -0.3 is 10.6 Å². The summed E-state index contributed by atoms with van der Waals surface area (Å²) in [6, 6.07) is 6.32. The van der Waals surface area contributed by atoms with E-state index < -0.39 is 5.41 Å². The molecule has 124 valence electrons. The van der Waals surface area contributed by atoms with Crippen molar-refractivity contribution >= 4 is 11.8 Å². The molecule has 3 rings (SSSR count). The highest BCUT2D eigenvalue weighted by molar-refractivity contribution is 5.89. The van der Waals surface area contributed by atoms with Crippen LogP contribution in [0.25, 0.3) is 0 Å². The number of likely N-dealkylation sites (tertiary alicyclic amines) is 1. The summed E-state index contributed by atoms with van der Waals surface area (Å²) in [7, 11) is 0. The summed E-state index contributed by atoms with van der Waals surface area (Å²) in [6.07, 6.45) is 5.33. The first-order valence-electron chi connectivity index (χ1n) is 8.38. The van der Waals surface area contributed by atoms with E-state index >= 15 is 0 Å². The fraction of sp³-hybridized carbons (Fsp3) is 0.556. The van der Waals surface area contributed by atoms with Gasteiger partial charge in [0.1, 0.15) is 5.82 Å². The summed E-state index contributed by atoms with van der Waals surface area (Å²) in [4.78, 5) is 26.4. The second-order valence-electron chi connectivity index (χ2n) is 6.79. The first kappa shape index (κ1) is 16.0. The van der Waals surface area contributed by atoms with Gasteiger partial charge in [-0.15, -0.1) is 0 Å². The molecule has 1 heterocycles. The molecule has 0 aromatic heterocycles. The lowest BCUT2D eigenvalue weighted by Gasteiger charge is -2.39. The molecule has 0 radical (unpaired) electrons. The summed E-state index contributed by atoms with van der Waals surface area (Å²) in [5.41, 5.74) is 5.70. The molecular weight excluding hydrogens is 295 g/mol. The average molecular weight is 318 g/mol. The summed E-state index contributed by atoms with van der Waals surface area (Å²) in [5, 5.41) is 0. The highest BCUT2D eigenvalue weighted by Gasteiger charge is 2.45. The zero-order chi connectivity index (χ0) is 16.4. The molecule has 1 aromatic carbocycles. The maximum absolute atomic E-state index is 13.3. The van der Waals surface area contributed by atoms with Crippen LogP contribution in [0.5, 0.6) is 0 Å². The smallest absolute Gasteiger partial charge is 0.233 e. The number of benzene rings is 1. The molecule has 2 aliphatic rings. The van der Waals surface area contributed by atoms with Crippen molar-refractivity contribution in [3.05, 3.63) is 35.6 Å². The number of nitrogens with two attached hydrogens (primary N) is 1. The maximum Gasteiger partial charge on any atom is 0.233 e. The number of hydrogen-bond acceptors (Lipinski definition) is 2. The summed E-state index contributed by atoms with van der Waals surface area (Å²) in [5.74, 6) is -0.790. The molecule has 1 aliphatic heterocycles. The van der Waals surface area contributed by atoms with Crippen molar-refractivity contribution in [2.45, 2.75) is 43.9 Å². The Morgan fingerprint density at radius 1 is 1.13 bits per heavy atom. The van der Waals surface area contributed by atoms with Crippen LogP contribution in [-0.4, -0.2) is 29.8 Å². The maximum atomic E-state index is 13.3. The topological polar surface area (TPSA) is 63.4 Å². The zero-order valence-corrected chi connectivity index (χ0v) is 13.3. The van der Waals surface area contributed by atoms with Crippen molar-refractivity contribution in [2.75, 3.05) is 13.1 Å². The Balaban J connectivity index is 1.88. The van der Waals surface area contributed by atoms with Crippen molar-refractivity contribution in [1.82, 2.24) is 4.90 Å². The Bertz CT molecular complexity index is 594. The molecule has 4 nitrogen and oxygen atoms in total. The third-order valence-corrected chi connectivity index (χ3v) is 5.39. The molecule has 2 fully saturated rings. The van der Waals surface area contributed by atoms with E-state index in [4.69, 9.17) is 5.73 Å². The predicted molar refractivity (Wildman–Crippen MR) is 85.0 cm³/mol. The Hall–Kier alpha value is -1.91. The largest absolute Gasteiger partial charge is 0.369 e. The van der Waals surface area contributed by atoms with Gasteiger partial charge in [-0.1, -0.05) is 31.4 Å². The standard InChI is InChI=1S/C18H23FN2O2/c19-15-6-4-14(5-7-15)18(9-2-1-3-10-18)17(23)21-11-8-13(12-21)16(20)22/h4-7,13H,1-3,8-12H2,(H2,20,22)/t13-/m1/s1. The molecule has 0 unspecified atom stereocenters. The van der Waals surface area contributed by atoms with Gasteiger partial charge in [-0.25, -0.2) is 4.39 Å². The molecule has 1 saturated carbocycles. The average Bonchev–Trinajstić information content (AvgIpc) is 3.05. The van der Waals surface area contributed by atoms with Gasteiger partial charge in [-0.3, -0.25) is 9.59 Å². The van der Waals surface area contributed by atoms with Crippen LogP contribution in [0.2, 0.25) is 0 Å². The van der Waals surface area contributed by atoms with E-state index in [0.29, 0.717) is 19.5 Å². The monoisotopic (exact) mass is 318 g/mol. The molecule has 1 aromatic rings. The molecule has 1 saturated heterocycles. The van der Waals surface area contributed by atoms with Crippen LogP contribution in [-0.2, 0) is 15.0 Å². The lowest BCUT2D eigenvalue weighted by molar-refractivity contribution is -0.138. The second kappa shape index (κ2) is 6.30. The molecule has 0 spiro atoms. The van der Waals surface area contributed by atoms with E-state index in [2.05, 4.69) is 0 Å². The minimum absolute atomic E-state index is 0.0764. The van der Waals surface area contributed by atoms with Gasteiger partial charge in [0.05, 0.1) is 11.3 Å². The van der Waals surface area contributed by atoms with Gasteiger partial charge in [-0.2, -0.15) is 0 Å². The number of nitrogens with zero attached hydrogens (tertiary/aromatic N) is 1. The van der Waals surface area contributed by atoms with Crippen molar-refractivity contribution in [2.24, 2.45) is 11.7 Å².